The molecule has 0 saturated carbocycles. The second kappa shape index (κ2) is 6.66. The molecule has 0 fully saturated rings. The number of carbonyl (C=O) groups is 2. The molecular weight excluding hydrogens is 386 g/mol. The Hall–Kier alpha value is -3.26. The summed E-state index contributed by atoms with van der Waals surface area (Å²) in [5.74, 6) is -0.437. The molecule has 0 unspecified atom stereocenters. The maximum atomic E-state index is 12.5. The van der Waals surface area contributed by atoms with Crippen LogP contribution in [0.5, 0.6) is 0 Å². The summed E-state index contributed by atoms with van der Waals surface area (Å²) in [4.78, 5) is 31.0. The summed E-state index contributed by atoms with van der Waals surface area (Å²) < 4.78 is 2.13. The number of fused-ring (bicyclic) bond motifs is 4. The van der Waals surface area contributed by atoms with Gasteiger partial charge in [0, 0.05) is 11.4 Å². The van der Waals surface area contributed by atoms with Crippen molar-refractivity contribution in [1.29, 1.82) is 0 Å². The highest BCUT2D eigenvalue weighted by atomic mass is 32.2. The van der Waals surface area contributed by atoms with Crippen molar-refractivity contribution < 1.29 is 9.59 Å². The van der Waals surface area contributed by atoms with Gasteiger partial charge in [0.2, 0.25) is 5.16 Å². The third-order valence-corrected chi connectivity index (χ3v) is 5.83. The monoisotopic (exact) mass is 403 g/mol. The smallest absolute Gasteiger partial charge is 0.262 e. The Morgan fingerprint density at radius 3 is 2.28 bits per heavy atom. The van der Waals surface area contributed by atoms with Crippen LogP contribution in [0.4, 0.5) is 0 Å². The number of thioether (sulfide) groups is 1. The molecule has 29 heavy (non-hydrogen) atoms. The van der Waals surface area contributed by atoms with E-state index >= 15 is 0 Å². The van der Waals surface area contributed by atoms with Crippen molar-refractivity contribution >= 4 is 45.6 Å². The molecule has 4 aromatic rings. The van der Waals surface area contributed by atoms with E-state index in [4.69, 9.17) is 4.98 Å². The van der Waals surface area contributed by atoms with Crippen molar-refractivity contribution in [1.82, 2.24) is 24.6 Å². The summed E-state index contributed by atoms with van der Waals surface area (Å²) in [6.07, 6.45) is 0. The van der Waals surface area contributed by atoms with Crippen LogP contribution in [0.1, 0.15) is 40.6 Å². The fourth-order valence-electron chi connectivity index (χ4n) is 3.71. The van der Waals surface area contributed by atoms with Crippen LogP contribution in [-0.4, -0.2) is 42.3 Å². The van der Waals surface area contributed by atoms with Gasteiger partial charge in [0.05, 0.1) is 22.5 Å². The molecule has 144 valence electrons. The lowest BCUT2D eigenvalue weighted by Gasteiger charge is -2.13. The van der Waals surface area contributed by atoms with Crippen LogP contribution in [0, 0.1) is 0 Å². The highest BCUT2D eigenvalue weighted by molar-refractivity contribution is 7.99. The predicted octanol–water partition coefficient (Wildman–Crippen LogP) is 3.91. The van der Waals surface area contributed by atoms with Crippen LogP contribution in [0.15, 0.2) is 53.7 Å². The summed E-state index contributed by atoms with van der Waals surface area (Å²) in [5, 5.41) is 10.1. The number of hydrogen-bond donors (Lipinski definition) is 0. The molecular formula is C21H17N5O2S. The predicted molar refractivity (Wildman–Crippen MR) is 111 cm³/mol. The van der Waals surface area contributed by atoms with Crippen molar-refractivity contribution in [3.8, 4) is 0 Å². The lowest BCUT2D eigenvalue weighted by atomic mass is 10.1. The van der Waals surface area contributed by atoms with Crippen LogP contribution in [0.25, 0.3) is 22.1 Å². The highest BCUT2D eigenvalue weighted by Gasteiger charge is 2.35. The molecule has 0 saturated heterocycles. The van der Waals surface area contributed by atoms with Crippen molar-refractivity contribution in [3.63, 3.8) is 0 Å². The first-order chi connectivity index (χ1) is 14.1. The molecule has 3 heterocycles. The molecule has 2 aromatic heterocycles. The van der Waals surface area contributed by atoms with E-state index < -0.39 is 0 Å². The molecule has 5 rings (SSSR count). The van der Waals surface area contributed by atoms with Crippen molar-refractivity contribution in [2.45, 2.75) is 25.0 Å². The topological polar surface area (TPSA) is 81.0 Å². The average Bonchev–Trinajstić information content (AvgIpc) is 3.19. The molecule has 0 bridgehead atoms. The molecule has 0 radical (unpaired) electrons. The van der Waals surface area contributed by atoms with Gasteiger partial charge in [-0.25, -0.2) is 4.98 Å². The first kappa shape index (κ1) is 17.8. The molecule has 1 aliphatic heterocycles. The van der Waals surface area contributed by atoms with E-state index in [2.05, 4.69) is 28.6 Å². The number of benzene rings is 2. The lowest BCUT2D eigenvalue weighted by molar-refractivity contribution is 0.0684. The Kier molecular flexibility index (Phi) is 4.09. The van der Waals surface area contributed by atoms with Gasteiger partial charge in [-0.05, 0) is 32.0 Å². The van der Waals surface area contributed by atoms with Gasteiger partial charge in [-0.2, -0.15) is 0 Å². The quantitative estimate of drug-likeness (QED) is 0.380. The van der Waals surface area contributed by atoms with Crippen LogP contribution >= 0.6 is 11.8 Å². The Labute approximate surface area is 170 Å². The van der Waals surface area contributed by atoms with Gasteiger partial charge >= 0.3 is 0 Å². The molecule has 1 aliphatic rings. The Balaban J connectivity index is 1.48. The fraction of sp³-hybridized carbons (Fsp3) is 0.190. The zero-order valence-corrected chi connectivity index (χ0v) is 16.7. The van der Waals surface area contributed by atoms with Gasteiger partial charge in [0.25, 0.3) is 11.8 Å². The van der Waals surface area contributed by atoms with Crippen LogP contribution in [0.3, 0.4) is 0 Å². The van der Waals surface area contributed by atoms with Gasteiger partial charge in [0.1, 0.15) is 5.52 Å². The van der Waals surface area contributed by atoms with Crippen molar-refractivity contribution in [3.05, 3.63) is 59.7 Å². The Bertz CT molecular complexity index is 1260. The maximum Gasteiger partial charge on any atom is 0.262 e. The largest absolute Gasteiger partial charge is 0.321 e. The second-order valence-corrected chi connectivity index (χ2v) is 8.02. The van der Waals surface area contributed by atoms with Crippen LogP contribution < -0.4 is 0 Å². The third-order valence-electron chi connectivity index (χ3n) is 5.01. The number of rotatable bonds is 4. The number of carbonyl (C=O) groups excluding carboxylic acids is 2. The number of amides is 2. The molecule has 8 heteroatoms. The summed E-state index contributed by atoms with van der Waals surface area (Å²) in [6, 6.07) is 15.1. The molecule has 0 aliphatic carbocycles. The molecule has 0 N–H and O–H groups in total. The van der Waals surface area contributed by atoms with Crippen LogP contribution in [0.2, 0.25) is 0 Å². The number of aromatic nitrogens is 4. The second-order valence-electron chi connectivity index (χ2n) is 7.10. The van der Waals surface area contributed by atoms with Crippen molar-refractivity contribution in [2.75, 3.05) is 5.88 Å². The van der Waals surface area contributed by atoms with Gasteiger partial charge in [-0.15, -0.1) is 10.2 Å². The highest BCUT2D eigenvalue weighted by Crippen LogP contribution is 2.31. The summed E-state index contributed by atoms with van der Waals surface area (Å²) >= 11 is 1.23. The Morgan fingerprint density at radius 1 is 0.931 bits per heavy atom. The molecule has 7 nitrogen and oxygen atoms in total. The van der Waals surface area contributed by atoms with Gasteiger partial charge in [-0.1, -0.05) is 42.1 Å². The number of para-hydroxylation sites is 1. The summed E-state index contributed by atoms with van der Waals surface area (Å²) in [6.45, 7) is 4.19. The normalized spacial score (nSPS) is 13.8. The molecule has 0 atom stereocenters. The fourth-order valence-corrected chi connectivity index (χ4v) is 4.43. The molecule has 0 spiro atoms. The van der Waals surface area contributed by atoms with E-state index in [1.165, 1.54) is 16.7 Å². The van der Waals surface area contributed by atoms with E-state index in [9.17, 15) is 9.59 Å². The first-order valence-electron chi connectivity index (χ1n) is 9.27. The number of hydrogen-bond acceptors (Lipinski definition) is 6. The molecule has 2 amide bonds. The summed E-state index contributed by atoms with van der Waals surface area (Å²) in [7, 11) is 0. The van der Waals surface area contributed by atoms with E-state index in [0.29, 0.717) is 16.3 Å². The van der Waals surface area contributed by atoms with E-state index in [0.717, 1.165) is 22.1 Å². The number of imide groups is 1. The Morgan fingerprint density at radius 2 is 1.59 bits per heavy atom. The zero-order chi connectivity index (χ0) is 20.1. The maximum absolute atomic E-state index is 12.5. The van der Waals surface area contributed by atoms with Crippen molar-refractivity contribution in [2.24, 2.45) is 0 Å². The van der Waals surface area contributed by atoms with Gasteiger partial charge in [-0.3, -0.25) is 14.5 Å². The standard InChI is InChI=1S/C21H17N5O2S/c1-12(2)26-16-10-6-5-9-15(16)17-18(26)22-21(24-23-17)29-11-25-19(27)13-7-3-4-8-14(13)20(25)28/h3-10,12H,11H2,1-2H3. The van der Waals surface area contributed by atoms with E-state index in [1.54, 1.807) is 24.3 Å². The first-order valence-corrected chi connectivity index (χ1v) is 10.3. The van der Waals surface area contributed by atoms with Gasteiger partial charge < -0.3 is 4.57 Å². The molecule has 2 aromatic carbocycles. The zero-order valence-electron chi connectivity index (χ0n) is 15.9. The third kappa shape index (κ3) is 2.71. The number of nitrogens with zero attached hydrogens (tertiary/aromatic N) is 5. The lowest BCUT2D eigenvalue weighted by Crippen LogP contribution is -2.29. The minimum atomic E-state index is -0.288. The summed E-state index contributed by atoms with van der Waals surface area (Å²) in [5.41, 5.74) is 3.43. The average molecular weight is 403 g/mol. The van der Waals surface area contributed by atoms with Gasteiger partial charge in [0.15, 0.2) is 5.65 Å². The SMILES string of the molecule is CC(C)n1c2ccccc2c2nnc(SCN3C(=O)c4ccccc4C3=O)nc21. The van der Waals surface area contributed by atoms with Crippen LogP contribution in [-0.2, 0) is 0 Å². The van der Waals surface area contributed by atoms with E-state index in [-0.39, 0.29) is 23.7 Å². The van der Waals surface area contributed by atoms with E-state index in [1.807, 2.05) is 24.3 Å². The minimum absolute atomic E-state index is 0.140. The minimum Gasteiger partial charge on any atom is -0.321 e.